The molecule has 2 N–H and O–H groups in total. The number of phenols is 1. The first-order valence-electron chi connectivity index (χ1n) is 8.95. The molecule has 0 aliphatic rings. The van der Waals surface area contributed by atoms with Crippen LogP contribution in [0.3, 0.4) is 0 Å². The van der Waals surface area contributed by atoms with E-state index in [0.717, 1.165) is 38.9 Å². The number of aromatic nitrogens is 3. The van der Waals surface area contributed by atoms with Crippen LogP contribution in [0.2, 0.25) is 0 Å². The van der Waals surface area contributed by atoms with E-state index in [1.165, 1.54) is 7.11 Å². The van der Waals surface area contributed by atoms with Gasteiger partial charge >= 0.3 is 5.97 Å². The molecule has 4 rings (SSSR count). The minimum Gasteiger partial charge on any atom is -0.507 e. The third kappa shape index (κ3) is 3.32. The van der Waals surface area contributed by atoms with Crippen molar-refractivity contribution in [2.45, 2.75) is 12.8 Å². The minimum absolute atomic E-state index is 0.157. The highest BCUT2D eigenvalue weighted by atomic mass is 16.5. The summed E-state index contributed by atoms with van der Waals surface area (Å²) in [7, 11) is 1.37. The molecule has 0 fully saturated rings. The van der Waals surface area contributed by atoms with Crippen molar-refractivity contribution in [1.29, 1.82) is 0 Å². The van der Waals surface area contributed by atoms with Crippen molar-refractivity contribution in [3.05, 3.63) is 66.2 Å². The number of nitrogens with one attached hydrogen (secondary N) is 1. The molecule has 1 aromatic heterocycles. The maximum absolute atomic E-state index is 11.5. The van der Waals surface area contributed by atoms with Crippen LogP contribution in [-0.4, -0.2) is 33.6 Å². The standard InChI is InChI=1S/C22H19N3O3/c1-28-20(27)11-10-14-12-17(16-8-5-9-18-22(16)24-25-23-18)21(19(26)13-14)15-6-3-2-4-7-15/h2-9,12-13,26H,10-11H2,1H3,(H,23,24,25). The van der Waals surface area contributed by atoms with Crippen molar-refractivity contribution < 1.29 is 14.6 Å². The molecule has 0 radical (unpaired) electrons. The number of aromatic hydroxyl groups is 1. The first-order valence-corrected chi connectivity index (χ1v) is 8.95. The number of H-pyrrole nitrogens is 1. The molecule has 3 aromatic carbocycles. The Bertz CT molecular complexity index is 1140. The lowest BCUT2D eigenvalue weighted by molar-refractivity contribution is -0.140. The number of carbonyl (C=O) groups excluding carboxylic acids is 1. The number of aryl methyl sites for hydroxylation is 1. The van der Waals surface area contributed by atoms with Crippen LogP contribution in [0.1, 0.15) is 12.0 Å². The number of nitrogens with zero attached hydrogens (tertiary/aromatic N) is 2. The van der Waals surface area contributed by atoms with Crippen molar-refractivity contribution >= 4 is 17.0 Å². The van der Waals surface area contributed by atoms with Crippen LogP contribution >= 0.6 is 0 Å². The number of aromatic amines is 1. The highest BCUT2D eigenvalue weighted by Crippen LogP contribution is 2.41. The molecule has 140 valence electrons. The van der Waals surface area contributed by atoms with Crippen LogP contribution in [0.4, 0.5) is 0 Å². The van der Waals surface area contributed by atoms with E-state index >= 15 is 0 Å². The smallest absolute Gasteiger partial charge is 0.305 e. The second-order valence-corrected chi connectivity index (χ2v) is 6.49. The highest BCUT2D eigenvalue weighted by molar-refractivity contribution is 5.98. The first-order chi connectivity index (χ1) is 13.7. The van der Waals surface area contributed by atoms with Gasteiger partial charge in [-0.1, -0.05) is 53.7 Å². The number of carbonyl (C=O) groups is 1. The third-order valence-corrected chi connectivity index (χ3v) is 4.73. The molecular formula is C22H19N3O3. The number of phenolic OH excluding ortho intramolecular Hbond substituents is 1. The fraction of sp³-hybridized carbons (Fsp3) is 0.136. The summed E-state index contributed by atoms with van der Waals surface area (Å²) in [5.74, 6) is -0.129. The fourth-order valence-electron chi connectivity index (χ4n) is 3.39. The van der Waals surface area contributed by atoms with Gasteiger partial charge in [0.15, 0.2) is 0 Å². The van der Waals surface area contributed by atoms with E-state index in [9.17, 15) is 9.90 Å². The average Bonchev–Trinajstić information content (AvgIpc) is 3.21. The number of hydrogen-bond acceptors (Lipinski definition) is 5. The molecule has 6 nitrogen and oxygen atoms in total. The zero-order valence-electron chi connectivity index (χ0n) is 15.3. The monoisotopic (exact) mass is 373 g/mol. The Labute approximate surface area is 161 Å². The van der Waals surface area contributed by atoms with Crippen molar-refractivity contribution in [2.24, 2.45) is 0 Å². The lowest BCUT2D eigenvalue weighted by Crippen LogP contribution is -2.02. The topological polar surface area (TPSA) is 88.1 Å². The number of ether oxygens (including phenoxy) is 1. The third-order valence-electron chi connectivity index (χ3n) is 4.73. The van der Waals surface area contributed by atoms with Gasteiger partial charge in [0.25, 0.3) is 0 Å². The second kappa shape index (κ2) is 7.52. The van der Waals surface area contributed by atoms with E-state index in [-0.39, 0.29) is 18.1 Å². The van der Waals surface area contributed by atoms with E-state index in [0.29, 0.717) is 6.42 Å². The molecule has 28 heavy (non-hydrogen) atoms. The summed E-state index contributed by atoms with van der Waals surface area (Å²) in [6.45, 7) is 0. The molecule has 0 bridgehead atoms. The van der Waals surface area contributed by atoms with Gasteiger partial charge in [-0.15, -0.1) is 5.10 Å². The molecule has 0 spiro atoms. The Balaban J connectivity index is 1.91. The molecule has 6 heteroatoms. The van der Waals surface area contributed by atoms with Crippen LogP contribution in [-0.2, 0) is 16.0 Å². The maximum atomic E-state index is 11.5. The molecule has 4 aromatic rings. The molecule has 0 atom stereocenters. The van der Waals surface area contributed by atoms with Crippen LogP contribution in [0.25, 0.3) is 33.3 Å². The van der Waals surface area contributed by atoms with Gasteiger partial charge in [-0.3, -0.25) is 9.89 Å². The summed E-state index contributed by atoms with van der Waals surface area (Å²) in [5, 5.41) is 21.9. The molecule has 0 saturated carbocycles. The number of hydrogen-bond donors (Lipinski definition) is 2. The summed E-state index contributed by atoms with van der Waals surface area (Å²) in [5.41, 5.74) is 5.71. The van der Waals surface area contributed by atoms with Crippen LogP contribution in [0, 0.1) is 0 Å². The number of benzene rings is 3. The average molecular weight is 373 g/mol. The van der Waals surface area contributed by atoms with Crippen molar-refractivity contribution in [3.8, 4) is 28.0 Å². The predicted octanol–water partition coefficient (Wildman–Crippen LogP) is 4.10. The highest BCUT2D eigenvalue weighted by Gasteiger charge is 2.17. The van der Waals surface area contributed by atoms with Gasteiger partial charge in [-0.05, 0) is 35.2 Å². The fourth-order valence-corrected chi connectivity index (χ4v) is 3.39. The van der Waals surface area contributed by atoms with E-state index in [1.807, 2.05) is 54.6 Å². The van der Waals surface area contributed by atoms with Crippen molar-refractivity contribution in [3.63, 3.8) is 0 Å². The molecule has 0 aliphatic heterocycles. The van der Waals surface area contributed by atoms with Gasteiger partial charge in [-0.2, -0.15) is 0 Å². The van der Waals surface area contributed by atoms with Gasteiger partial charge in [-0.25, -0.2) is 0 Å². The Morgan fingerprint density at radius 1 is 1.07 bits per heavy atom. The predicted molar refractivity (Wildman–Crippen MR) is 107 cm³/mol. The van der Waals surface area contributed by atoms with E-state index in [1.54, 1.807) is 6.07 Å². The van der Waals surface area contributed by atoms with Crippen molar-refractivity contribution in [1.82, 2.24) is 15.4 Å². The van der Waals surface area contributed by atoms with Gasteiger partial charge in [0.05, 0.1) is 12.6 Å². The lowest BCUT2D eigenvalue weighted by atomic mass is 9.90. The summed E-state index contributed by atoms with van der Waals surface area (Å²) >= 11 is 0. The van der Waals surface area contributed by atoms with Crippen LogP contribution < -0.4 is 0 Å². The van der Waals surface area contributed by atoms with Crippen LogP contribution in [0.5, 0.6) is 5.75 Å². The quantitative estimate of drug-likeness (QED) is 0.514. The molecule has 0 unspecified atom stereocenters. The lowest BCUT2D eigenvalue weighted by Gasteiger charge is -2.15. The van der Waals surface area contributed by atoms with Gasteiger partial charge in [0.2, 0.25) is 0 Å². The Morgan fingerprint density at radius 2 is 1.89 bits per heavy atom. The minimum atomic E-state index is -0.285. The summed E-state index contributed by atoms with van der Waals surface area (Å²) in [4.78, 5) is 11.5. The zero-order valence-corrected chi connectivity index (χ0v) is 15.3. The number of fused-ring (bicyclic) bond motifs is 1. The van der Waals surface area contributed by atoms with Gasteiger partial charge in [0, 0.05) is 17.5 Å². The Kier molecular flexibility index (Phi) is 4.76. The largest absolute Gasteiger partial charge is 0.507 e. The maximum Gasteiger partial charge on any atom is 0.305 e. The van der Waals surface area contributed by atoms with Crippen LogP contribution in [0.15, 0.2) is 60.7 Å². The normalized spacial score (nSPS) is 10.9. The summed E-state index contributed by atoms with van der Waals surface area (Å²) in [6.07, 6.45) is 0.714. The van der Waals surface area contributed by atoms with E-state index in [2.05, 4.69) is 15.4 Å². The molecule has 0 aliphatic carbocycles. The zero-order chi connectivity index (χ0) is 19.5. The number of methoxy groups -OCH3 is 1. The molecule has 1 heterocycles. The van der Waals surface area contributed by atoms with Crippen molar-refractivity contribution in [2.75, 3.05) is 7.11 Å². The Morgan fingerprint density at radius 3 is 2.68 bits per heavy atom. The van der Waals surface area contributed by atoms with Gasteiger partial charge in [0.1, 0.15) is 11.3 Å². The molecule has 0 saturated heterocycles. The number of rotatable bonds is 5. The molecular weight excluding hydrogens is 354 g/mol. The van der Waals surface area contributed by atoms with Gasteiger partial charge < -0.3 is 9.84 Å². The Hall–Kier alpha value is -3.67. The molecule has 0 amide bonds. The summed E-state index contributed by atoms with van der Waals surface area (Å²) < 4.78 is 4.73. The second-order valence-electron chi connectivity index (χ2n) is 6.49. The number of esters is 1. The van der Waals surface area contributed by atoms with E-state index < -0.39 is 0 Å². The van der Waals surface area contributed by atoms with E-state index in [4.69, 9.17) is 4.74 Å². The SMILES string of the molecule is COC(=O)CCc1cc(O)c(-c2ccccc2)c(-c2cccc3[nH]nnc23)c1. The first kappa shape index (κ1) is 17.7. The summed E-state index contributed by atoms with van der Waals surface area (Å²) in [6, 6.07) is 19.2.